The van der Waals surface area contributed by atoms with Crippen molar-refractivity contribution in [3.05, 3.63) is 23.3 Å². The highest BCUT2D eigenvalue weighted by atomic mass is 35.5. The Morgan fingerprint density at radius 2 is 1.48 bits per heavy atom. The van der Waals surface area contributed by atoms with Gasteiger partial charge in [0, 0.05) is 8.22 Å². The molecule has 2 aromatic heterocycles. The van der Waals surface area contributed by atoms with Crippen LogP contribution in [-0.4, -0.2) is 44.3 Å². The van der Waals surface area contributed by atoms with Gasteiger partial charge in [-0.05, 0) is 25.8 Å². The van der Waals surface area contributed by atoms with Crippen LogP contribution in [0.5, 0.6) is 0 Å². The molecule has 2 unspecified atom stereocenters. The van der Waals surface area contributed by atoms with Crippen LogP contribution in [0, 0.1) is 0 Å². The van der Waals surface area contributed by atoms with E-state index in [0.717, 1.165) is 22.8 Å². The predicted octanol–water partition coefficient (Wildman–Crippen LogP) is 4.31. The molecule has 148 valence electrons. The number of hydrogen-bond acceptors (Lipinski definition) is 6. The maximum atomic E-state index is 13.5. The second-order valence-corrected chi connectivity index (χ2v) is 4.96. The number of pyridine rings is 1. The lowest BCUT2D eigenvalue weighted by molar-refractivity contribution is -0.139. The first kappa shape index (κ1) is 11.5. The Morgan fingerprint density at radius 1 is 0.963 bits per heavy atom. The molecule has 2 aromatic rings. The molecule has 0 fully saturated rings. The maximum Gasteiger partial charge on any atom is 0.408 e. The van der Waals surface area contributed by atoms with E-state index in [9.17, 15) is 26.3 Å². The molecule has 2 rings (SSSR count). The van der Waals surface area contributed by atoms with E-state index in [1.54, 1.807) is 0 Å². The first-order valence-corrected chi connectivity index (χ1v) is 6.89. The van der Waals surface area contributed by atoms with E-state index in [4.69, 9.17) is 23.9 Å². The summed E-state index contributed by atoms with van der Waals surface area (Å²) >= 11 is 5.69. The van der Waals surface area contributed by atoms with Crippen molar-refractivity contribution < 1.29 is 38.7 Å². The number of halogens is 7. The average molecular weight is 424 g/mol. The van der Waals surface area contributed by atoms with Crippen molar-refractivity contribution in [3.63, 3.8) is 0 Å². The lowest BCUT2D eigenvalue weighted by Crippen LogP contribution is -2.35. The number of aromatic nitrogens is 4. The average Bonchev–Trinajstić information content (AvgIpc) is 2.63. The number of alkyl halides is 6. The van der Waals surface area contributed by atoms with Crippen molar-refractivity contribution in [2.45, 2.75) is 38.1 Å². The largest absolute Gasteiger partial charge is 0.408 e. The zero-order valence-corrected chi connectivity index (χ0v) is 13.3. The lowest BCUT2D eigenvalue weighted by Gasteiger charge is -2.20. The molecule has 0 saturated heterocycles. The van der Waals surface area contributed by atoms with Crippen LogP contribution in [-0.2, 0) is 0 Å². The molecule has 2 atom stereocenters. The van der Waals surface area contributed by atoms with Crippen molar-refractivity contribution in [1.29, 1.82) is 0 Å². The van der Waals surface area contributed by atoms with Crippen LogP contribution < -0.4 is 10.6 Å². The Kier molecular flexibility index (Phi) is 3.27. The summed E-state index contributed by atoms with van der Waals surface area (Å²) in [5.41, 5.74) is -0.533. The molecule has 27 heavy (non-hydrogen) atoms. The Bertz CT molecular complexity index is 1020. The van der Waals surface area contributed by atoms with Crippen molar-refractivity contribution >= 4 is 23.5 Å². The molecular weight excluding hydrogens is 402 g/mol. The summed E-state index contributed by atoms with van der Waals surface area (Å²) in [5, 5.41) is 1.94. The smallest absolute Gasteiger partial charge is 0.343 e. The highest BCUT2D eigenvalue weighted by Gasteiger charge is 2.38. The molecule has 0 aliphatic heterocycles. The fourth-order valence-electron chi connectivity index (χ4n) is 1.45. The van der Waals surface area contributed by atoms with Gasteiger partial charge in [0.1, 0.15) is 22.9 Å². The minimum absolute atomic E-state index is 0.366. The quantitative estimate of drug-likeness (QED) is 0.551. The molecule has 2 heterocycles. The summed E-state index contributed by atoms with van der Waals surface area (Å²) < 4.78 is 146. The number of anilines is 2. The van der Waals surface area contributed by atoms with Crippen molar-refractivity contribution in [1.82, 2.24) is 19.9 Å². The monoisotopic (exact) mass is 423 g/mol. The Labute approximate surface area is 167 Å². The normalized spacial score (nSPS) is 22.7. The molecule has 0 aliphatic rings. The second kappa shape index (κ2) is 7.71. The minimum atomic E-state index is -5.81. The highest BCUT2D eigenvalue weighted by Crippen LogP contribution is 2.26. The van der Waals surface area contributed by atoms with Gasteiger partial charge in [-0.1, -0.05) is 17.6 Å². The first-order valence-electron chi connectivity index (χ1n) is 11.0. The Hall–Kier alpha value is -2.37. The summed E-state index contributed by atoms with van der Waals surface area (Å²) in [7, 11) is 0. The van der Waals surface area contributed by atoms with Crippen molar-refractivity contribution in [2.75, 3.05) is 10.6 Å². The van der Waals surface area contributed by atoms with Gasteiger partial charge >= 0.3 is 12.4 Å². The zero-order valence-electron chi connectivity index (χ0n) is 21.6. The SMILES string of the molecule is [2H]c1cc(Cl)nc(-c2nc(NC([2H])(C([2H])([2H])[2H])C(F)(F)F)nc(NC([2H])(C([2H])([2H])[2H])C(F)(F)F)n2)c1. The predicted molar refractivity (Wildman–Crippen MR) is 86.3 cm³/mol. The van der Waals surface area contributed by atoms with E-state index in [1.807, 2.05) is 0 Å². The number of rotatable bonds is 5. The molecule has 0 bridgehead atoms. The number of nitrogens with one attached hydrogen (secondary N) is 2. The van der Waals surface area contributed by atoms with Crippen molar-refractivity contribution in [3.8, 4) is 11.5 Å². The van der Waals surface area contributed by atoms with E-state index >= 15 is 0 Å². The van der Waals surface area contributed by atoms with Gasteiger partial charge in [-0.25, -0.2) is 4.98 Å². The summed E-state index contributed by atoms with van der Waals surface area (Å²) in [4.78, 5) is 13.6. The molecule has 13 heteroatoms. The topological polar surface area (TPSA) is 75.6 Å². The van der Waals surface area contributed by atoms with Gasteiger partial charge in [-0.3, -0.25) is 0 Å². The molecule has 0 spiro atoms. The number of nitrogens with zero attached hydrogens (tertiary/aromatic N) is 4. The summed E-state index contributed by atoms with van der Waals surface area (Å²) in [6, 6.07) is -7.51. The molecule has 0 aromatic carbocycles. The highest BCUT2D eigenvalue weighted by molar-refractivity contribution is 6.29. The van der Waals surface area contributed by atoms with Gasteiger partial charge in [0.05, 0.1) is 4.11 Å². The fraction of sp³-hybridized carbons (Fsp3) is 0.429. The molecule has 0 aliphatic carbocycles. The van der Waals surface area contributed by atoms with Crippen LogP contribution in [0.25, 0.3) is 11.5 Å². The van der Waals surface area contributed by atoms with E-state index in [0.29, 0.717) is 0 Å². The molecule has 6 nitrogen and oxygen atoms in total. The van der Waals surface area contributed by atoms with Crippen LogP contribution in [0.1, 0.15) is 26.0 Å². The van der Waals surface area contributed by atoms with Gasteiger partial charge < -0.3 is 10.6 Å². The second-order valence-electron chi connectivity index (χ2n) is 4.58. The van der Waals surface area contributed by atoms with E-state index < -0.39 is 61.5 Å². The molecule has 0 saturated carbocycles. The molecule has 0 radical (unpaired) electrons. The minimum Gasteiger partial charge on any atom is -0.343 e. The van der Waals surface area contributed by atoms with E-state index in [2.05, 4.69) is 19.9 Å². The fourth-order valence-corrected chi connectivity index (χ4v) is 1.61. The third-order valence-corrected chi connectivity index (χ3v) is 2.75. The van der Waals surface area contributed by atoms with E-state index in [-0.39, 0.29) is 11.2 Å². The first-order chi connectivity index (χ1) is 15.9. The standard InChI is InChI=1S/C14H13ClF6N6/c1-6(13(16,17)18)22-11-25-10(8-4-3-5-9(15)24-8)26-12(27-11)23-7(2)14(19,20)21/h3-7H,1-2H3,(H2,22,23,25,26,27)/i1D3,2D3,3D,6D,7D. The van der Waals surface area contributed by atoms with Gasteiger partial charge in [0.2, 0.25) is 11.9 Å². The third kappa shape index (κ3) is 5.81. The van der Waals surface area contributed by atoms with E-state index in [1.165, 1.54) is 0 Å². The summed E-state index contributed by atoms with van der Waals surface area (Å²) in [5.74, 6) is -3.81. The van der Waals surface area contributed by atoms with Gasteiger partial charge in [0.15, 0.2) is 5.82 Å². The Morgan fingerprint density at radius 3 is 1.89 bits per heavy atom. The van der Waals surface area contributed by atoms with Crippen LogP contribution in [0.3, 0.4) is 0 Å². The molecular formula is C14H13ClF6N6. The summed E-state index contributed by atoms with van der Waals surface area (Å²) in [6.07, 6.45) is -11.6. The Balaban J connectivity index is 2.79. The van der Waals surface area contributed by atoms with Gasteiger partial charge in [-0.2, -0.15) is 41.3 Å². The number of hydrogen-bond donors (Lipinski definition) is 2. The molecule has 2 N–H and O–H groups in total. The van der Waals surface area contributed by atoms with Crippen LogP contribution >= 0.6 is 11.6 Å². The van der Waals surface area contributed by atoms with Crippen LogP contribution in [0.15, 0.2) is 18.2 Å². The van der Waals surface area contributed by atoms with Crippen LogP contribution in [0.4, 0.5) is 38.2 Å². The van der Waals surface area contributed by atoms with Crippen LogP contribution in [0.2, 0.25) is 5.15 Å². The maximum absolute atomic E-state index is 13.5. The lowest BCUT2D eigenvalue weighted by atomic mass is 10.3. The zero-order chi connectivity index (χ0) is 28.1. The molecule has 0 amide bonds. The van der Waals surface area contributed by atoms with Gasteiger partial charge in [-0.15, -0.1) is 0 Å². The third-order valence-electron chi connectivity index (χ3n) is 2.55. The summed E-state index contributed by atoms with van der Waals surface area (Å²) in [6.45, 7) is -8.25. The van der Waals surface area contributed by atoms with Crippen molar-refractivity contribution in [2.24, 2.45) is 0 Å². The van der Waals surface area contributed by atoms with Gasteiger partial charge in [0.25, 0.3) is 0 Å².